The molecule has 1 aromatic carbocycles. The Hall–Kier alpha value is -0.100. The first-order valence-electron chi connectivity index (χ1n) is 6.88. The molecule has 1 amide bonds. The van der Waals surface area contributed by atoms with Gasteiger partial charge in [-0.15, -0.1) is 0 Å². The van der Waals surface area contributed by atoms with Crippen molar-refractivity contribution in [3.05, 3.63) is 31.8 Å². The van der Waals surface area contributed by atoms with Crippen LogP contribution in [0, 0.1) is 21.3 Å². The fourth-order valence-electron chi connectivity index (χ4n) is 2.74. The summed E-state index contributed by atoms with van der Waals surface area (Å²) in [5.41, 5.74) is 0.778. The van der Waals surface area contributed by atoms with E-state index in [0.29, 0.717) is 0 Å². The number of benzene rings is 1. The molecule has 0 unspecified atom stereocenters. The summed E-state index contributed by atoms with van der Waals surface area (Å²) in [5.74, 6) is 2.56. The zero-order chi connectivity index (χ0) is 13.4. The van der Waals surface area contributed by atoms with Gasteiger partial charge in [0.15, 0.2) is 0 Å². The van der Waals surface area contributed by atoms with Crippen molar-refractivity contribution in [3.8, 4) is 0 Å². The summed E-state index contributed by atoms with van der Waals surface area (Å²) >= 11 is 5.65. The van der Waals surface area contributed by atoms with E-state index in [-0.39, 0.29) is 5.91 Å². The normalized spacial score (nSPS) is 18.7. The fourth-order valence-corrected chi connectivity index (χ4v) is 3.69. The number of carbonyl (C=O) groups excluding carboxylic acids is 1. The van der Waals surface area contributed by atoms with Crippen molar-refractivity contribution >= 4 is 44.4 Å². The van der Waals surface area contributed by atoms with Gasteiger partial charge in [0, 0.05) is 14.6 Å². The molecule has 1 aromatic rings. The standard InChI is InChI=1S/C15H17BrINO/c16-11-5-6-14(17)12(7-11)15(19)18-8-13(9-1-2-9)10-3-4-10/h5-7,9-10,13H,1-4,8H2,(H,18,19). The van der Waals surface area contributed by atoms with Crippen LogP contribution in [0.1, 0.15) is 36.0 Å². The van der Waals surface area contributed by atoms with E-state index in [9.17, 15) is 4.79 Å². The maximum Gasteiger partial charge on any atom is 0.252 e. The van der Waals surface area contributed by atoms with Crippen molar-refractivity contribution in [2.24, 2.45) is 17.8 Å². The molecule has 19 heavy (non-hydrogen) atoms. The minimum absolute atomic E-state index is 0.0667. The molecule has 0 heterocycles. The zero-order valence-electron chi connectivity index (χ0n) is 10.7. The predicted octanol–water partition coefficient (Wildman–Crippen LogP) is 4.22. The maximum absolute atomic E-state index is 12.3. The average molecular weight is 434 g/mol. The van der Waals surface area contributed by atoms with Crippen molar-refractivity contribution in [3.63, 3.8) is 0 Å². The highest BCUT2D eigenvalue weighted by Gasteiger charge is 2.41. The Labute approximate surface area is 136 Å². The van der Waals surface area contributed by atoms with E-state index in [2.05, 4.69) is 43.8 Å². The third-order valence-corrected chi connectivity index (χ3v) is 5.56. The van der Waals surface area contributed by atoms with Gasteiger partial charge in [-0.3, -0.25) is 4.79 Å². The molecule has 0 aromatic heterocycles. The molecule has 2 saturated carbocycles. The molecule has 4 heteroatoms. The quantitative estimate of drug-likeness (QED) is 0.692. The van der Waals surface area contributed by atoms with Crippen LogP contribution in [0.2, 0.25) is 0 Å². The third-order valence-electron chi connectivity index (χ3n) is 4.13. The zero-order valence-corrected chi connectivity index (χ0v) is 14.4. The van der Waals surface area contributed by atoms with E-state index in [0.717, 1.165) is 37.9 Å². The fraction of sp³-hybridized carbons (Fsp3) is 0.533. The van der Waals surface area contributed by atoms with Crippen LogP contribution in [0.4, 0.5) is 0 Å². The third kappa shape index (κ3) is 3.51. The van der Waals surface area contributed by atoms with Crippen LogP contribution in [-0.4, -0.2) is 12.5 Å². The number of amides is 1. The number of nitrogens with one attached hydrogen (secondary N) is 1. The van der Waals surface area contributed by atoms with Gasteiger partial charge in [0.1, 0.15) is 0 Å². The van der Waals surface area contributed by atoms with Crippen LogP contribution in [0.15, 0.2) is 22.7 Å². The van der Waals surface area contributed by atoms with Gasteiger partial charge in [0.05, 0.1) is 5.56 Å². The molecule has 1 N–H and O–H groups in total. The highest BCUT2D eigenvalue weighted by Crippen LogP contribution is 2.48. The van der Waals surface area contributed by atoms with Gasteiger partial charge in [-0.05, 0) is 84.2 Å². The maximum atomic E-state index is 12.3. The monoisotopic (exact) mass is 433 g/mol. The smallest absolute Gasteiger partial charge is 0.252 e. The van der Waals surface area contributed by atoms with E-state index in [1.165, 1.54) is 25.7 Å². The minimum Gasteiger partial charge on any atom is -0.352 e. The number of halogens is 2. The van der Waals surface area contributed by atoms with E-state index in [1.807, 2.05) is 18.2 Å². The molecular formula is C15H17BrINO. The first-order valence-corrected chi connectivity index (χ1v) is 8.75. The Morgan fingerprint density at radius 1 is 1.32 bits per heavy atom. The van der Waals surface area contributed by atoms with Gasteiger partial charge in [0.25, 0.3) is 5.91 Å². The van der Waals surface area contributed by atoms with E-state index < -0.39 is 0 Å². The van der Waals surface area contributed by atoms with Crippen LogP contribution >= 0.6 is 38.5 Å². The Bertz CT molecular complexity index is 485. The SMILES string of the molecule is O=C(NCC(C1CC1)C1CC1)c1cc(Br)ccc1I. The van der Waals surface area contributed by atoms with Gasteiger partial charge in [-0.25, -0.2) is 0 Å². The summed E-state index contributed by atoms with van der Waals surface area (Å²) in [6, 6.07) is 5.84. The molecule has 2 nitrogen and oxygen atoms in total. The van der Waals surface area contributed by atoms with Crippen molar-refractivity contribution in [1.29, 1.82) is 0 Å². The van der Waals surface area contributed by atoms with Crippen LogP contribution in [0.25, 0.3) is 0 Å². The van der Waals surface area contributed by atoms with Crippen LogP contribution in [0.5, 0.6) is 0 Å². The van der Waals surface area contributed by atoms with Gasteiger partial charge < -0.3 is 5.32 Å². The van der Waals surface area contributed by atoms with Crippen molar-refractivity contribution in [2.75, 3.05) is 6.54 Å². The second-order valence-corrected chi connectivity index (χ2v) is 7.75. The van der Waals surface area contributed by atoms with Crippen molar-refractivity contribution < 1.29 is 4.79 Å². The predicted molar refractivity (Wildman–Crippen MR) is 88.1 cm³/mol. The molecule has 102 valence electrons. The van der Waals surface area contributed by atoms with Crippen molar-refractivity contribution in [1.82, 2.24) is 5.32 Å². The lowest BCUT2D eigenvalue weighted by atomic mass is 9.98. The molecule has 0 atom stereocenters. The number of rotatable bonds is 5. The Morgan fingerprint density at radius 3 is 2.53 bits per heavy atom. The first kappa shape index (κ1) is 13.9. The molecule has 0 aliphatic heterocycles. The second-order valence-electron chi connectivity index (χ2n) is 5.67. The highest BCUT2D eigenvalue weighted by molar-refractivity contribution is 14.1. The summed E-state index contributed by atoms with van der Waals surface area (Å²) < 4.78 is 1.96. The molecule has 2 fully saturated rings. The lowest BCUT2D eigenvalue weighted by molar-refractivity contribution is 0.0942. The molecule has 0 bridgehead atoms. The lowest BCUT2D eigenvalue weighted by Crippen LogP contribution is -2.31. The van der Waals surface area contributed by atoms with E-state index in [4.69, 9.17) is 0 Å². The van der Waals surface area contributed by atoms with Gasteiger partial charge >= 0.3 is 0 Å². The molecule has 2 aliphatic rings. The topological polar surface area (TPSA) is 29.1 Å². The van der Waals surface area contributed by atoms with Crippen molar-refractivity contribution in [2.45, 2.75) is 25.7 Å². The molecule has 0 saturated heterocycles. The summed E-state index contributed by atoms with van der Waals surface area (Å²) in [6.07, 6.45) is 5.47. The molecule has 3 rings (SSSR count). The minimum atomic E-state index is 0.0667. The average Bonchev–Trinajstić information content (AvgIpc) is 3.25. The summed E-state index contributed by atoms with van der Waals surface area (Å²) in [4.78, 5) is 12.3. The lowest BCUT2D eigenvalue weighted by Gasteiger charge is -2.16. The molecule has 2 aliphatic carbocycles. The number of carbonyl (C=O) groups is 1. The van der Waals surface area contributed by atoms with Crippen LogP contribution in [-0.2, 0) is 0 Å². The van der Waals surface area contributed by atoms with E-state index >= 15 is 0 Å². The number of hydrogen-bond donors (Lipinski definition) is 1. The summed E-state index contributed by atoms with van der Waals surface area (Å²) in [6.45, 7) is 0.858. The van der Waals surface area contributed by atoms with Crippen LogP contribution in [0.3, 0.4) is 0 Å². The van der Waals surface area contributed by atoms with Gasteiger partial charge in [0.2, 0.25) is 0 Å². The molecular weight excluding hydrogens is 417 g/mol. The number of hydrogen-bond acceptors (Lipinski definition) is 1. The van der Waals surface area contributed by atoms with Crippen LogP contribution < -0.4 is 5.32 Å². The Kier molecular flexibility index (Phi) is 4.17. The Morgan fingerprint density at radius 2 is 1.95 bits per heavy atom. The summed E-state index contributed by atoms with van der Waals surface area (Å²) in [5, 5.41) is 3.15. The van der Waals surface area contributed by atoms with Gasteiger partial charge in [-0.2, -0.15) is 0 Å². The largest absolute Gasteiger partial charge is 0.352 e. The van der Waals surface area contributed by atoms with E-state index in [1.54, 1.807) is 0 Å². The Balaban J connectivity index is 1.62. The summed E-state index contributed by atoms with van der Waals surface area (Å²) in [7, 11) is 0. The van der Waals surface area contributed by atoms with Gasteiger partial charge in [-0.1, -0.05) is 15.9 Å². The first-order chi connectivity index (χ1) is 9.15. The molecule has 0 spiro atoms. The highest BCUT2D eigenvalue weighted by atomic mass is 127. The second kappa shape index (κ2) is 5.72. The molecule has 0 radical (unpaired) electrons.